The highest BCUT2D eigenvalue weighted by Gasteiger charge is 2.38. The van der Waals surface area contributed by atoms with Crippen LogP contribution in [0.2, 0.25) is 0 Å². The van der Waals surface area contributed by atoms with Gasteiger partial charge in [-0.05, 0) is 105 Å². The molecule has 0 spiro atoms. The number of nitrogens with zero attached hydrogens (tertiary/aromatic N) is 5. The molecular formula is C57H45N5. The SMILES string of the molecule is CC1(C)CCC(C)(C)c2cc3c(cc21)c1c2c4c5ccccc5ccc4n(-c4ccccc4)c2ccc1n3-c1nc(-c2ccccc2)nc(-c2cccc(-c3ccccc3)c2)n1. The van der Waals surface area contributed by atoms with Gasteiger partial charge in [0.05, 0.1) is 22.1 Å². The van der Waals surface area contributed by atoms with Gasteiger partial charge in [0, 0.05) is 38.4 Å². The van der Waals surface area contributed by atoms with Crippen molar-refractivity contribution in [1.29, 1.82) is 0 Å². The molecular weight excluding hydrogens is 755 g/mol. The van der Waals surface area contributed by atoms with E-state index in [4.69, 9.17) is 15.0 Å². The Kier molecular flexibility index (Phi) is 7.98. The highest BCUT2D eigenvalue weighted by Crippen LogP contribution is 2.50. The van der Waals surface area contributed by atoms with E-state index in [-0.39, 0.29) is 10.8 Å². The van der Waals surface area contributed by atoms with Crippen molar-refractivity contribution < 1.29 is 0 Å². The molecule has 5 heteroatoms. The second-order valence-corrected chi connectivity index (χ2v) is 18.3. The van der Waals surface area contributed by atoms with Gasteiger partial charge in [0.1, 0.15) is 0 Å². The monoisotopic (exact) mass is 799 g/mol. The molecule has 5 nitrogen and oxygen atoms in total. The van der Waals surface area contributed by atoms with Crippen molar-refractivity contribution in [2.75, 3.05) is 0 Å². The lowest BCUT2D eigenvalue weighted by molar-refractivity contribution is 0.332. The Labute approximate surface area is 361 Å². The van der Waals surface area contributed by atoms with Gasteiger partial charge in [0.25, 0.3) is 0 Å². The quantitative estimate of drug-likeness (QED) is 0.174. The van der Waals surface area contributed by atoms with Crippen LogP contribution in [-0.4, -0.2) is 24.1 Å². The summed E-state index contributed by atoms with van der Waals surface area (Å²) < 4.78 is 4.77. The topological polar surface area (TPSA) is 48.5 Å². The van der Waals surface area contributed by atoms with E-state index >= 15 is 0 Å². The van der Waals surface area contributed by atoms with Gasteiger partial charge < -0.3 is 4.57 Å². The third-order valence-corrected chi connectivity index (χ3v) is 13.6. The van der Waals surface area contributed by atoms with Gasteiger partial charge in [-0.1, -0.05) is 155 Å². The lowest BCUT2D eigenvalue weighted by Crippen LogP contribution is -2.33. The summed E-state index contributed by atoms with van der Waals surface area (Å²) >= 11 is 0. The molecule has 3 heterocycles. The van der Waals surface area contributed by atoms with Gasteiger partial charge >= 0.3 is 0 Å². The lowest BCUT2D eigenvalue weighted by atomic mass is 9.63. The molecule has 0 radical (unpaired) electrons. The molecule has 0 fully saturated rings. The van der Waals surface area contributed by atoms with Crippen molar-refractivity contribution >= 4 is 54.4 Å². The van der Waals surface area contributed by atoms with Crippen LogP contribution < -0.4 is 0 Å². The largest absolute Gasteiger partial charge is 0.309 e. The van der Waals surface area contributed by atoms with Crippen LogP contribution in [-0.2, 0) is 10.8 Å². The molecule has 0 N–H and O–H groups in total. The third-order valence-electron chi connectivity index (χ3n) is 13.6. The van der Waals surface area contributed by atoms with Crippen molar-refractivity contribution in [2.45, 2.75) is 51.4 Å². The van der Waals surface area contributed by atoms with Crippen LogP contribution in [0.3, 0.4) is 0 Å². The average Bonchev–Trinajstić information content (AvgIpc) is 3.84. The van der Waals surface area contributed by atoms with Crippen molar-refractivity contribution in [3.63, 3.8) is 0 Å². The van der Waals surface area contributed by atoms with E-state index in [0.29, 0.717) is 17.6 Å². The van der Waals surface area contributed by atoms with Crippen molar-refractivity contribution in [3.05, 3.63) is 187 Å². The zero-order valence-corrected chi connectivity index (χ0v) is 35.4. The van der Waals surface area contributed by atoms with Crippen molar-refractivity contribution in [2.24, 2.45) is 0 Å². The Balaban J connectivity index is 1.25. The predicted octanol–water partition coefficient (Wildman–Crippen LogP) is 14.6. The van der Waals surface area contributed by atoms with E-state index in [9.17, 15) is 0 Å². The number of benzene rings is 8. The van der Waals surface area contributed by atoms with E-state index in [1.165, 1.54) is 54.5 Å². The summed E-state index contributed by atoms with van der Waals surface area (Å²) in [6.45, 7) is 9.66. The first kappa shape index (κ1) is 36.5. The number of aromatic nitrogens is 5. The molecule has 0 unspecified atom stereocenters. The Bertz CT molecular complexity index is 3560. The van der Waals surface area contributed by atoms with Crippen LogP contribution in [0.15, 0.2) is 176 Å². The van der Waals surface area contributed by atoms with Crippen LogP contribution >= 0.6 is 0 Å². The van der Waals surface area contributed by atoms with Crippen LogP contribution in [0.4, 0.5) is 0 Å². The molecule has 0 atom stereocenters. The van der Waals surface area contributed by atoms with Crippen LogP contribution in [0.25, 0.3) is 99.9 Å². The van der Waals surface area contributed by atoms with Crippen molar-refractivity contribution in [3.8, 4) is 45.5 Å². The normalized spacial score (nSPS) is 14.6. The minimum atomic E-state index is -0.00742. The fourth-order valence-electron chi connectivity index (χ4n) is 10.3. The summed E-state index contributed by atoms with van der Waals surface area (Å²) in [6, 6.07) is 63.2. The Hall–Kier alpha value is -7.37. The molecule has 1 aliphatic carbocycles. The maximum atomic E-state index is 5.46. The van der Waals surface area contributed by atoms with Crippen LogP contribution in [0.1, 0.15) is 51.7 Å². The number of rotatable bonds is 5. The highest BCUT2D eigenvalue weighted by molar-refractivity contribution is 6.33. The Morgan fingerprint density at radius 1 is 0.387 bits per heavy atom. The molecule has 12 rings (SSSR count). The molecule has 3 aromatic heterocycles. The first-order valence-corrected chi connectivity index (χ1v) is 21.7. The Morgan fingerprint density at radius 3 is 1.65 bits per heavy atom. The summed E-state index contributed by atoms with van der Waals surface area (Å²) in [5.74, 6) is 1.87. The minimum absolute atomic E-state index is 0.00742. The molecule has 0 amide bonds. The van der Waals surface area contributed by atoms with Gasteiger partial charge in [-0.3, -0.25) is 4.57 Å². The fraction of sp³-hybridized carbons (Fsp3) is 0.140. The van der Waals surface area contributed by atoms with Gasteiger partial charge in [-0.15, -0.1) is 0 Å². The molecule has 0 saturated carbocycles. The van der Waals surface area contributed by atoms with Gasteiger partial charge in [-0.25, -0.2) is 4.98 Å². The summed E-state index contributed by atoms with van der Waals surface area (Å²) in [5.41, 5.74) is 12.6. The zero-order valence-electron chi connectivity index (χ0n) is 35.4. The summed E-state index contributed by atoms with van der Waals surface area (Å²) in [7, 11) is 0. The lowest BCUT2D eigenvalue weighted by Gasteiger charge is -2.42. The zero-order chi connectivity index (χ0) is 41.7. The standard InChI is InChI=1S/C57H45N5/c1-56(2)31-32-57(3,4)45-35-49-43(34-44(45)56)51-47(29-30-48-52(51)50-42-26-15-14-19-37(42)27-28-46(50)61(48)41-24-12-7-13-25-41)62(49)55-59-53(38-20-10-6-11-21-38)58-54(60-55)40-23-16-22-39(33-40)36-17-8-5-9-18-36/h5-30,33-35H,31-32H2,1-4H3. The first-order valence-electron chi connectivity index (χ1n) is 21.7. The van der Waals surface area contributed by atoms with Gasteiger partial charge in [-0.2, -0.15) is 9.97 Å². The highest BCUT2D eigenvalue weighted by atomic mass is 15.2. The summed E-state index contributed by atoms with van der Waals surface area (Å²) in [6.07, 6.45) is 2.25. The minimum Gasteiger partial charge on any atom is -0.309 e. The summed E-state index contributed by atoms with van der Waals surface area (Å²) in [5, 5.41) is 7.38. The van der Waals surface area contributed by atoms with Crippen LogP contribution in [0.5, 0.6) is 0 Å². The summed E-state index contributed by atoms with van der Waals surface area (Å²) in [4.78, 5) is 16.1. The molecule has 62 heavy (non-hydrogen) atoms. The third kappa shape index (κ3) is 5.58. The molecule has 0 saturated heterocycles. The smallest absolute Gasteiger partial charge is 0.238 e. The second kappa shape index (κ2) is 13.6. The maximum absolute atomic E-state index is 5.46. The van der Waals surface area contributed by atoms with E-state index < -0.39 is 0 Å². The van der Waals surface area contributed by atoms with Crippen LogP contribution in [0, 0.1) is 0 Å². The Morgan fingerprint density at radius 2 is 0.919 bits per heavy atom. The van der Waals surface area contributed by atoms with Crippen molar-refractivity contribution in [1.82, 2.24) is 24.1 Å². The average molecular weight is 800 g/mol. The van der Waals surface area contributed by atoms with Gasteiger partial charge in [0.15, 0.2) is 11.6 Å². The number of hydrogen-bond acceptors (Lipinski definition) is 3. The maximum Gasteiger partial charge on any atom is 0.238 e. The molecule has 0 bridgehead atoms. The predicted molar refractivity (Wildman–Crippen MR) is 258 cm³/mol. The molecule has 8 aromatic carbocycles. The molecule has 11 aromatic rings. The first-order chi connectivity index (χ1) is 30.2. The number of para-hydroxylation sites is 1. The molecule has 0 aliphatic heterocycles. The number of hydrogen-bond donors (Lipinski definition) is 0. The fourth-order valence-corrected chi connectivity index (χ4v) is 10.3. The van der Waals surface area contributed by atoms with E-state index in [0.717, 1.165) is 51.8 Å². The number of fused-ring (bicyclic) bond motifs is 10. The second-order valence-electron chi connectivity index (χ2n) is 18.3. The van der Waals surface area contributed by atoms with E-state index in [1.807, 2.05) is 6.07 Å². The van der Waals surface area contributed by atoms with E-state index in [2.05, 4.69) is 207 Å². The van der Waals surface area contributed by atoms with Gasteiger partial charge in [0.2, 0.25) is 5.95 Å². The molecule has 298 valence electrons. The van der Waals surface area contributed by atoms with E-state index in [1.54, 1.807) is 0 Å². The molecule has 1 aliphatic rings.